The smallest absolute Gasteiger partial charge is 0.105 e. The SMILES string of the molecule is NCC(O)(c1ccccc1C1CCC1)C1CC1. The zero-order valence-electron chi connectivity index (χ0n) is 10.2. The fourth-order valence-electron chi connectivity index (χ4n) is 3.02. The van der Waals surface area contributed by atoms with Gasteiger partial charge in [-0.15, -0.1) is 0 Å². The van der Waals surface area contributed by atoms with E-state index >= 15 is 0 Å². The highest BCUT2D eigenvalue weighted by atomic mass is 16.3. The van der Waals surface area contributed by atoms with Crippen LogP contribution in [-0.4, -0.2) is 11.7 Å². The summed E-state index contributed by atoms with van der Waals surface area (Å²) in [4.78, 5) is 0. The van der Waals surface area contributed by atoms with Crippen LogP contribution < -0.4 is 5.73 Å². The summed E-state index contributed by atoms with van der Waals surface area (Å²) in [6.45, 7) is 0.349. The Kier molecular flexibility index (Phi) is 2.72. The number of hydrogen-bond donors (Lipinski definition) is 2. The normalized spacial score (nSPS) is 24.1. The molecule has 0 aliphatic heterocycles. The molecule has 0 saturated heterocycles. The third kappa shape index (κ3) is 1.80. The van der Waals surface area contributed by atoms with E-state index in [2.05, 4.69) is 18.2 Å². The summed E-state index contributed by atoms with van der Waals surface area (Å²) < 4.78 is 0. The van der Waals surface area contributed by atoms with Crippen molar-refractivity contribution in [1.82, 2.24) is 0 Å². The van der Waals surface area contributed by atoms with Crippen molar-refractivity contribution in [2.75, 3.05) is 6.54 Å². The predicted octanol–water partition coefficient (Wildman–Crippen LogP) is 2.51. The average molecular weight is 231 g/mol. The summed E-state index contributed by atoms with van der Waals surface area (Å²) in [5.41, 5.74) is 7.54. The molecule has 0 spiro atoms. The van der Waals surface area contributed by atoms with Gasteiger partial charge in [0.2, 0.25) is 0 Å². The van der Waals surface area contributed by atoms with Crippen molar-refractivity contribution < 1.29 is 5.11 Å². The zero-order chi connectivity index (χ0) is 11.9. The molecule has 0 aromatic heterocycles. The van der Waals surface area contributed by atoms with Crippen molar-refractivity contribution in [3.05, 3.63) is 35.4 Å². The maximum atomic E-state index is 10.9. The molecule has 1 atom stereocenters. The van der Waals surface area contributed by atoms with Crippen LogP contribution in [0.1, 0.15) is 49.1 Å². The molecule has 1 aromatic rings. The Morgan fingerprint density at radius 1 is 1.18 bits per heavy atom. The highest BCUT2D eigenvalue weighted by Crippen LogP contribution is 2.49. The van der Waals surface area contributed by atoms with E-state index in [1.807, 2.05) is 6.07 Å². The van der Waals surface area contributed by atoms with Crippen molar-refractivity contribution in [2.24, 2.45) is 11.7 Å². The van der Waals surface area contributed by atoms with Crippen LogP contribution in [0.15, 0.2) is 24.3 Å². The van der Waals surface area contributed by atoms with Crippen molar-refractivity contribution >= 4 is 0 Å². The molecule has 2 fully saturated rings. The van der Waals surface area contributed by atoms with Gasteiger partial charge in [0.05, 0.1) is 0 Å². The molecule has 3 rings (SSSR count). The summed E-state index contributed by atoms with van der Waals surface area (Å²) >= 11 is 0. The van der Waals surface area contributed by atoms with Gasteiger partial charge >= 0.3 is 0 Å². The first-order chi connectivity index (χ1) is 8.25. The Morgan fingerprint density at radius 2 is 1.88 bits per heavy atom. The molecule has 3 N–H and O–H groups in total. The van der Waals surface area contributed by atoms with Crippen LogP contribution >= 0.6 is 0 Å². The van der Waals surface area contributed by atoms with Crippen LogP contribution in [-0.2, 0) is 5.60 Å². The Hall–Kier alpha value is -0.860. The molecular weight excluding hydrogens is 210 g/mol. The monoisotopic (exact) mass is 231 g/mol. The molecule has 2 aliphatic rings. The molecule has 92 valence electrons. The molecule has 2 heteroatoms. The summed E-state index contributed by atoms with van der Waals surface area (Å²) in [6, 6.07) is 8.38. The number of nitrogens with two attached hydrogens (primary N) is 1. The molecule has 0 bridgehead atoms. The molecule has 2 nitrogen and oxygen atoms in total. The molecule has 2 aliphatic carbocycles. The second kappa shape index (κ2) is 4.11. The standard InChI is InChI=1S/C15H21NO/c16-10-15(17,12-8-9-12)14-7-2-1-6-13(14)11-4-3-5-11/h1-2,6-7,11-12,17H,3-5,8-10,16H2. The van der Waals surface area contributed by atoms with Crippen LogP contribution in [0.2, 0.25) is 0 Å². The largest absolute Gasteiger partial charge is 0.384 e. The van der Waals surface area contributed by atoms with Crippen molar-refractivity contribution in [2.45, 2.75) is 43.6 Å². The highest BCUT2D eigenvalue weighted by molar-refractivity contribution is 5.37. The van der Waals surface area contributed by atoms with E-state index < -0.39 is 5.60 Å². The molecule has 2 saturated carbocycles. The summed E-state index contributed by atoms with van der Waals surface area (Å²) in [5.74, 6) is 1.04. The first kappa shape index (κ1) is 11.2. The highest BCUT2D eigenvalue weighted by Gasteiger charge is 2.45. The van der Waals surface area contributed by atoms with Crippen LogP contribution in [0.3, 0.4) is 0 Å². The maximum Gasteiger partial charge on any atom is 0.105 e. The van der Waals surface area contributed by atoms with Crippen LogP contribution in [0.4, 0.5) is 0 Å². The van der Waals surface area contributed by atoms with Crippen LogP contribution in [0.5, 0.6) is 0 Å². The lowest BCUT2D eigenvalue weighted by Gasteiger charge is -2.34. The van der Waals surface area contributed by atoms with Gasteiger partial charge < -0.3 is 10.8 Å². The van der Waals surface area contributed by atoms with Crippen molar-refractivity contribution in [3.63, 3.8) is 0 Å². The molecule has 1 unspecified atom stereocenters. The number of benzene rings is 1. The molecule has 0 radical (unpaired) electrons. The lowest BCUT2D eigenvalue weighted by molar-refractivity contribution is 0.0206. The van der Waals surface area contributed by atoms with Crippen LogP contribution in [0.25, 0.3) is 0 Å². The maximum absolute atomic E-state index is 10.9. The second-order valence-electron chi connectivity index (χ2n) is 5.62. The van der Waals surface area contributed by atoms with E-state index in [0.29, 0.717) is 18.4 Å². The Bertz CT molecular complexity index is 409. The van der Waals surface area contributed by atoms with E-state index in [1.165, 1.54) is 24.8 Å². The van der Waals surface area contributed by atoms with Gasteiger partial charge in [-0.2, -0.15) is 0 Å². The topological polar surface area (TPSA) is 46.2 Å². The third-order valence-corrected chi connectivity index (χ3v) is 4.54. The van der Waals surface area contributed by atoms with Gasteiger partial charge in [-0.3, -0.25) is 0 Å². The first-order valence-electron chi connectivity index (χ1n) is 6.77. The molecule has 0 heterocycles. The molecular formula is C15H21NO. The minimum absolute atomic E-state index is 0.349. The lowest BCUT2D eigenvalue weighted by Crippen LogP contribution is -2.38. The second-order valence-corrected chi connectivity index (χ2v) is 5.62. The molecule has 0 amide bonds. The number of rotatable bonds is 4. The zero-order valence-corrected chi connectivity index (χ0v) is 10.2. The van der Waals surface area contributed by atoms with Gasteiger partial charge in [-0.1, -0.05) is 30.7 Å². The number of hydrogen-bond acceptors (Lipinski definition) is 2. The van der Waals surface area contributed by atoms with E-state index in [1.54, 1.807) is 0 Å². The molecule has 1 aromatic carbocycles. The number of aliphatic hydroxyl groups is 1. The van der Waals surface area contributed by atoms with Gasteiger partial charge in [0, 0.05) is 6.54 Å². The van der Waals surface area contributed by atoms with Gasteiger partial charge in [-0.25, -0.2) is 0 Å². The summed E-state index contributed by atoms with van der Waals surface area (Å²) in [7, 11) is 0. The molecule has 17 heavy (non-hydrogen) atoms. The first-order valence-corrected chi connectivity index (χ1v) is 6.77. The van der Waals surface area contributed by atoms with Gasteiger partial charge in [0.15, 0.2) is 0 Å². The Morgan fingerprint density at radius 3 is 2.41 bits per heavy atom. The fourth-order valence-corrected chi connectivity index (χ4v) is 3.02. The van der Waals surface area contributed by atoms with Gasteiger partial charge in [0.1, 0.15) is 5.60 Å². The fraction of sp³-hybridized carbons (Fsp3) is 0.600. The lowest BCUT2D eigenvalue weighted by atomic mass is 9.74. The van der Waals surface area contributed by atoms with Gasteiger partial charge in [0.25, 0.3) is 0 Å². The minimum Gasteiger partial charge on any atom is -0.384 e. The van der Waals surface area contributed by atoms with Crippen molar-refractivity contribution in [3.8, 4) is 0 Å². The van der Waals surface area contributed by atoms with E-state index in [-0.39, 0.29) is 0 Å². The summed E-state index contributed by atoms with van der Waals surface area (Å²) in [5, 5.41) is 10.9. The Balaban J connectivity index is 2.00. The minimum atomic E-state index is -0.772. The summed E-state index contributed by atoms with van der Waals surface area (Å²) in [6.07, 6.45) is 6.09. The van der Waals surface area contributed by atoms with E-state index in [9.17, 15) is 5.11 Å². The van der Waals surface area contributed by atoms with Gasteiger partial charge in [-0.05, 0) is 48.6 Å². The van der Waals surface area contributed by atoms with Crippen LogP contribution in [0, 0.1) is 5.92 Å². The van der Waals surface area contributed by atoms with Crippen molar-refractivity contribution in [1.29, 1.82) is 0 Å². The third-order valence-electron chi connectivity index (χ3n) is 4.54. The Labute approximate surface area is 103 Å². The van der Waals surface area contributed by atoms with E-state index in [0.717, 1.165) is 18.4 Å². The predicted molar refractivity (Wildman–Crippen MR) is 68.7 cm³/mol. The quantitative estimate of drug-likeness (QED) is 0.836. The average Bonchev–Trinajstić information content (AvgIpc) is 3.11. The van der Waals surface area contributed by atoms with E-state index in [4.69, 9.17) is 5.73 Å².